The van der Waals surface area contributed by atoms with E-state index in [1.807, 2.05) is 0 Å². The number of ether oxygens (including phenoxy) is 1. The zero-order chi connectivity index (χ0) is 14.9. The molecule has 110 valence electrons. The summed E-state index contributed by atoms with van der Waals surface area (Å²) in [5, 5.41) is 2.81. The van der Waals surface area contributed by atoms with Crippen LogP contribution in [0.5, 0.6) is 0 Å². The van der Waals surface area contributed by atoms with Crippen LogP contribution in [0.2, 0.25) is 0 Å². The molecule has 1 atom stereocenters. The molecule has 1 unspecified atom stereocenters. The fraction of sp³-hybridized carbons (Fsp3) is 0.583. The van der Waals surface area contributed by atoms with Crippen molar-refractivity contribution in [1.82, 2.24) is 5.32 Å². The van der Waals surface area contributed by atoms with E-state index in [0.29, 0.717) is 0 Å². The Morgan fingerprint density at radius 1 is 1.50 bits per heavy atom. The Morgan fingerprint density at radius 3 is 2.65 bits per heavy atom. The number of esters is 1. The van der Waals surface area contributed by atoms with Gasteiger partial charge < -0.3 is 27.3 Å². The molecular formula is C12H19N5O3. The third kappa shape index (κ3) is 2.17. The Labute approximate surface area is 116 Å². The summed E-state index contributed by atoms with van der Waals surface area (Å²) in [7, 11) is 1.26. The van der Waals surface area contributed by atoms with Crippen molar-refractivity contribution in [3.63, 3.8) is 0 Å². The van der Waals surface area contributed by atoms with Crippen molar-refractivity contribution in [2.45, 2.75) is 25.3 Å². The van der Waals surface area contributed by atoms with Gasteiger partial charge in [0.1, 0.15) is 0 Å². The minimum absolute atomic E-state index is 0.0413. The first-order valence-corrected chi connectivity index (χ1v) is 6.32. The van der Waals surface area contributed by atoms with Crippen molar-refractivity contribution in [1.29, 1.82) is 0 Å². The van der Waals surface area contributed by atoms with Crippen LogP contribution in [-0.4, -0.2) is 31.0 Å². The monoisotopic (exact) mass is 281 g/mol. The first-order chi connectivity index (χ1) is 9.40. The molecule has 0 aromatic carbocycles. The number of rotatable bonds is 4. The smallest absolute Gasteiger partial charge is 0.322 e. The van der Waals surface area contributed by atoms with Crippen LogP contribution in [0.1, 0.15) is 19.3 Å². The first kappa shape index (κ1) is 14.2. The summed E-state index contributed by atoms with van der Waals surface area (Å²) < 4.78 is 4.82. The quantitative estimate of drug-likeness (QED) is 0.214. The van der Waals surface area contributed by atoms with Crippen LogP contribution < -0.4 is 22.5 Å². The molecule has 0 spiro atoms. The highest BCUT2D eigenvalue weighted by atomic mass is 16.5. The molecule has 7 N–H and O–H groups in total. The molecule has 3 rings (SSSR count). The average molecular weight is 281 g/mol. The number of carbonyl (C=O) groups is 2. The predicted octanol–water partition coefficient (Wildman–Crippen LogP) is -1.48. The highest BCUT2D eigenvalue weighted by Crippen LogP contribution is 2.50. The van der Waals surface area contributed by atoms with Gasteiger partial charge in [-0.2, -0.15) is 0 Å². The van der Waals surface area contributed by atoms with Crippen molar-refractivity contribution in [2.24, 2.45) is 33.5 Å². The zero-order valence-electron chi connectivity index (χ0n) is 11.3. The lowest BCUT2D eigenvalue weighted by Gasteiger charge is -2.52. The Hall–Kier alpha value is -2.25. The maximum absolute atomic E-state index is 12.3. The van der Waals surface area contributed by atoms with E-state index in [0.717, 1.165) is 12.8 Å². The summed E-state index contributed by atoms with van der Waals surface area (Å²) in [5.74, 6) is -1.10. The highest BCUT2D eigenvalue weighted by molar-refractivity contribution is 6.04. The fourth-order valence-corrected chi connectivity index (χ4v) is 2.90. The minimum Gasteiger partial charge on any atom is -0.468 e. The van der Waals surface area contributed by atoms with Gasteiger partial charge in [0.15, 0.2) is 11.4 Å². The van der Waals surface area contributed by atoms with Crippen LogP contribution in [0.3, 0.4) is 0 Å². The van der Waals surface area contributed by atoms with E-state index in [-0.39, 0.29) is 35.9 Å². The number of aliphatic imine (C=N–C) groups is 1. The summed E-state index contributed by atoms with van der Waals surface area (Å²) in [6.07, 6.45) is 2.82. The van der Waals surface area contributed by atoms with Crippen LogP contribution in [0.15, 0.2) is 16.9 Å². The Balaban J connectivity index is 2.29. The second-order valence-electron chi connectivity index (χ2n) is 5.24. The molecule has 2 aliphatic heterocycles. The van der Waals surface area contributed by atoms with Gasteiger partial charge in [-0.05, 0) is 18.8 Å². The number of nitrogens with zero attached hydrogens (tertiary/aromatic N) is 1. The number of carbonyl (C=O) groups excluding carboxylic acids is 2. The number of hydrogen-bond acceptors (Lipinski definition) is 5. The van der Waals surface area contributed by atoms with Gasteiger partial charge in [0.25, 0.3) is 0 Å². The molecule has 0 radical (unpaired) electrons. The van der Waals surface area contributed by atoms with Crippen LogP contribution in [0, 0.1) is 11.3 Å². The fourth-order valence-electron chi connectivity index (χ4n) is 2.90. The molecule has 8 heteroatoms. The number of amides is 1. The van der Waals surface area contributed by atoms with Crippen molar-refractivity contribution < 1.29 is 14.3 Å². The van der Waals surface area contributed by atoms with Crippen molar-refractivity contribution in [3.05, 3.63) is 11.9 Å². The zero-order valence-corrected chi connectivity index (χ0v) is 11.3. The van der Waals surface area contributed by atoms with Crippen LogP contribution in [-0.2, 0) is 14.3 Å². The Kier molecular flexibility index (Phi) is 3.56. The largest absolute Gasteiger partial charge is 0.468 e. The molecule has 8 nitrogen and oxygen atoms in total. The van der Waals surface area contributed by atoms with E-state index < -0.39 is 11.4 Å². The minimum atomic E-state index is -1.27. The SMILES string of the molecule is COC(=O)C1(C/C(N)=C/N=C(N)N)C(=O)NC2CC1C2. The lowest BCUT2D eigenvalue weighted by molar-refractivity contribution is -0.173. The predicted molar refractivity (Wildman–Crippen MR) is 71.8 cm³/mol. The summed E-state index contributed by atoms with van der Waals surface area (Å²) in [4.78, 5) is 28.1. The van der Waals surface area contributed by atoms with Crippen LogP contribution in [0.4, 0.5) is 0 Å². The lowest BCUT2D eigenvalue weighted by atomic mass is 9.57. The van der Waals surface area contributed by atoms with Crippen molar-refractivity contribution in [2.75, 3.05) is 7.11 Å². The molecule has 20 heavy (non-hydrogen) atoms. The van der Waals surface area contributed by atoms with E-state index in [4.69, 9.17) is 21.9 Å². The number of hydrogen-bond donors (Lipinski definition) is 4. The first-order valence-electron chi connectivity index (χ1n) is 6.32. The third-order valence-corrected chi connectivity index (χ3v) is 3.99. The number of nitrogens with one attached hydrogen (secondary N) is 1. The topological polar surface area (TPSA) is 146 Å². The van der Waals surface area contributed by atoms with Crippen molar-refractivity contribution >= 4 is 17.8 Å². The molecule has 2 saturated heterocycles. The lowest BCUT2D eigenvalue weighted by Crippen LogP contribution is -2.66. The summed E-state index contributed by atoms with van der Waals surface area (Å²) in [6, 6.07) is 0.160. The highest BCUT2D eigenvalue weighted by Gasteiger charge is 2.61. The second-order valence-corrected chi connectivity index (χ2v) is 5.24. The normalized spacial score (nSPS) is 31.9. The van der Waals surface area contributed by atoms with Gasteiger partial charge in [0, 0.05) is 24.4 Å². The summed E-state index contributed by atoms with van der Waals surface area (Å²) in [5.41, 5.74) is 15.2. The molecule has 0 aromatic heterocycles. The number of guanidine groups is 1. The van der Waals surface area contributed by atoms with Gasteiger partial charge in [0.2, 0.25) is 5.91 Å². The van der Waals surface area contributed by atoms with E-state index in [1.54, 1.807) is 0 Å². The molecule has 2 bridgehead atoms. The van der Waals surface area contributed by atoms with Gasteiger partial charge in [-0.15, -0.1) is 0 Å². The molecule has 1 saturated carbocycles. The van der Waals surface area contributed by atoms with E-state index in [1.165, 1.54) is 13.3 Å². The van der Waals surface area contributed by atoms with Gasteiger partial charge in [-0.25, -0.2) is 4.99 Å². The number of methoxy groups -OCH3 is 1. The Bertz CT molecular complexity index is 481. The van der Waals surface area contributed by atoms with Crippen LogP contribution in [0.25, 0.3) is 0 Å². The molecule has 1 aliphatic carbocycles. The molecule has 3 aliphatic rings. The molecule has 2 heterocycles. The average Bonchev–Trinajstić information content (AvgIpc) is 2.36. The summed E-state index contributed by atoms with van der Waals surface area (Å²) in [6.45, 7) is 0. The number of allylic oxidation sites excluding steroid dienone is 1. The maximum Gasteiger partial charge on any atom is 0.322 e. The molecule has 3 fully saturated rings. The van der Waals surface area contributed by atoms with Gasteiger partial charge in [0.05, 0.1) is 7.11 Å². The van der Waals surface area contributed by atoms with Gasteiger partial charge >= 0.3 is 5.97 Å². The van der Waals surface area contributed by atoms with E-state index in [2.05, 4.69) is 10.3 Å². The van der Waals surface area contributed by atoms with Gasteiger partial charge in [-0.1, -0.05) is 0 Å². The molecule has 1 amide bonds. The second kappa shape index (κ2) is 5.03. The summed E-state index contributed by atoms with van der Waals surface area (Å²) >= 11 is 0. The van der Waals surface area contributed by atoms with Crippen LogP contribution >= 0.6 is 0 Å². The van der Waals surface area contributed by atoms with Crippen molar-refractivity contribution in [3.8, 4) is 0 Å². The van der Waals surface area contributed by atoms with Gasteiger partial charge in [-0.3, -0.25) is 9.59 Å². The number of nitrogens with two attached hydrogens (primary N) is 3. The standard InChI is InChI=1S/C12H19N5O3/c1-20-10(19)12(4-7(13)5-16-11(14)15)6-2-8(3-6)17-9(12)18/h5-6,8H,2-4,13H2,1H3,(H,17,18)(H4,14,15,16)/b7-5-. The van der Waals surface area contributed by atoms with E-state index >= 15 is 0 Å². The van der Waals surface area contributed by atoms with E-state index in [9.17, 15) is 9.59 Å². The Morgan fingerprint density at radius 2 is 2.15 bits per heavy atom. The molecule has 0 aromatic rings. The molecular weight excluding hydrogens is 262 g/mol. The number of fused-ring (bicyclic) bond motifs is 2. The maximum atomic E-state index is 12.3. The number of piperidine rings is 2. The third-order valence-electron chi connectivity index (χ3n) is 3.99.